The van der Waals surface area contributed by atoms with E-state index in [2.05, 4.69) is 31.9 Å². The molecule has 1 aromatic rings. The highest BCUT2D eigenvalue weighted by Gasteiger charge is 2.28. The summed E-state index contributed by atoms with van der Waals surface area (Å²) in [7, 11) is 0. The van der Waals surface area contributed by atoms with E-state index in [1.54, 1.807) is 23.1 Å². The lowest BCUT2D eigenvalue weighted by atomic mass is 10.0. The molecule has 0 unspecified atom stereocenters. The molecule has 0 saturated carbocycles. The number of carboxylic acids is 1. The molecule has 0 saturated heterocycles. The molecule has 1 rings (SSSR count). The SMILES string of the molecule is CC(C)(C)N(CCC(=O)O)C(=O)c1ccc(Br)cc1Br. The quantitative estimate of drug-likeness (QED) is 0.824. The van der Waals surface area contributed by atoms with Gasteiger partial charge in [0.1, 0.15) is 0 Å². The first-order valence-corrected chi connectivity index (χ1v) is 7.70. The molecule has 0 atom stereocenters. The zero-order valence-electron chi connectivity index (χ0n) is 11.6. The summed E-state index contributed by atoms with van der Waals surface area (Å²) in [4.78, 5) is 25.0. The maximum absolute atomic E-state index is 12.6. The van der Waals surface area contributed by atoms with Gasteiger partial charge in [-0.3, -0.25) is 9.59 Å². The number of carboxylic acid groups (broad SMARTS) is 1. The van der Waals surface area contributed by atoms with Crippen LogP contribution in [0.25, 0.3) is 0 Å². The number of hydrogen-bond acceptors (Lipinski definition) is 2. The van der Waals surface area contributed by atoms with Gasteiger partial charge in [-0.05, 0) is 54.9 Å². The zero-order valence-corrected chi connectivity index (χ0v) is 14.8. The summed E-state index contributed by atoms with van der Waals surface area (Å²) in [6.45, 7) is 5.85. The van der Waals surface area contributed by atoms with E-state index in [9.17, 15) is 9.59 Å². The maximum atomic E-state index is 12.6. The summed E-state index contributed by atoms with van der Waals surface area (Å²) in [5.74, 6) is -1.10. The predicted molar refractivity (Wildman–Crippen MR) is 84.9 cm³/mol. The molecule has 0 fully saturated rings. The monoisotopic (exact) mass is 405 g/mol. The molecule has 1 amide bonds. The summed E-state index contributed by atoms with van der Waals surface area (Å²) in [5.41, 5.74) is 0.0764. The Hall–Kier alpha value is -0.880. The highest BCUT2D eigenvalue weighted by molar-refractivity contribution is 9.11. The Morgan fingerprint density at radius 2 is 1.85 bits per heavy atom. The number of carbonyl (C=O) groups excluding carboxylic acids is 1. The largest absolute Gasteiger partial charge is 0.481 e. The van der Waals surface area contributed by atoms with Gasteiger partial charge >= 0.3 is 5.97 Å². The van der Waals surface area contributed by atoms with Crippen LogP contribution in [0.4, 0.5) is 0 Å². The molecule has 0 aliphatic rings. The normalized spacial score (nSPS) is 11.2. The highest BCUT2D eigenvalue weighted by Crippen LogP contribution is 2.26. The van der Waals surface area contributed by atoms with Crippen LogP contribution in [0.15, 0.2) is 27.1 Å². The summed E-state index contributed by atoms with van der Waals surface area (Å²) in [6.07, 6.45) is -0.0723. The van der Waals surface area contributed by atoms with Gasteiger partial charge in [-0.1, -0.05) is 15.9 Å². The molecule has 0 spiro atoms. The summed E-state index contributed by atoms with van der Waals surface area (Å²) >= 11 is 6.71. The highest BCUT2D eigenvalue weighted by atomic mass is 79.9. The third-order valence-electron chi connectivity index (χ3n) is 2.77. The van der Waals surface area contributed by atoms with Crippen LogP contribution in [0.1, 0.15) is 37.6 Å². The summed E-state index contributed by atoms with van der Waals surface area (Å²) in [6, 6.07) is 5.30. The Morgan fingerprint density at radius 3 is 2.30 bits per heavy atom. The van der Waals surface area contributed by atoms with Gasteiger partial charge in [0, 0.05) is 21.0 Å². The van der Waals surface area contributed by atoms with Crippen molar-refractivity contribution in [3.63, 3.8) is 0 Å². The second-order valence-electron chi connectivity index (χ2n) is 5.40. The van der Waals surface area contributed by atoms with Crippen molar-refractivity contribution in [2.24, 2.45) is 0 Å². The first-order chi connectivity index (χ1) is 9.12. The van der Waals surface area contributed by atoms with E-state index in [1.165, 1.54) is 0 Å². The fourth-order valence-electron chi connectivity index (χ4n) is 1.76. The van der Waals surface area contributed by atoms with Crippen molar-refractivity contribution in [3.05, 3.63) is 32.7 Å². The van der Waals surface area contributed by atoms with E-state index in [0.29, 0.717) is 10.0 Å². The summed E-state index contributed by atoms with van der Waals surface area (Å²) in [5, 5.41) is 8.82. The van der Waals surface area contributed by atoms with Crippen molar-refractivity contribution in [2.45, 2.75) is 32.7 Å². The number of aliphatic carboxylic acids is 1. The number of rotatable bonds is 4. The van der Waals surface area contributed by atoms with Gasteiger partial charge in [-0.2, -0.15) is 0 Å². The van der Waals surface area contributed by atoms with Crippen molar-refractivity contribution >= 4 is 43.7 Å². The topological polar surface area (TPSA) is 57.6 Å². The zero-order chi connectivity index (χ0) is 15.5. The third kappa shape index (κ3) is 4.59. The minimum Gasteiger partial charge on any atom is -0.481 e. The fourth-order valence-corrected chi connectivity index (χ4v) is 2.97. The molecule has 1 N–H and O–H groups in total. The van der Waals surface area contributed by atoms with Gasteiger partial charge < -0.3 is 10.0 Å². The van der Waals surface area contributed by atoms with Gasteiger partial charge in [0.05, 0.1) is 12.0 Å². The number of carbonyl (C=O) groups is 2. The van der Waals surface area contributed by atoms with E-state index >= 15 is 0 Å². The second-order valence-corrected chi connectivity index (χ2v) is 7.17. The van der Waals surface area contributed by atoms with Crippen LogP contribution in [0.2, 0.25) is 0 Å². The second kappa shape index (κ2) is 6.72. The van der Waals surface area contributed by atoms with E-state index in [4.69, 9.17) is 5.11 Å². The molecule has 4 nitrogen and oxygen atoms in total. The number of hydrogen-bond donors (Lipinski definition) is 1. The van der Waals surface area contributed by atoms with Crippen LogP contribution >= 0.6 is 31.9 Å². The molecule has 0 aliphatic carbocycles. The standard InChI is InChI=1S/C14H17Br2NO3/c1-14(2,3)17(7-6-12(18)19)13(20)10-5-4-9(15)8-11(10)16/h4-5,8H,6-7H2,1-3H3,(H,18,19). The molecule has 20 heavy (non-hydrogen) atoms. The van der Waals surface area contributed by atoms with Crippen LogP contribution in [0.5, 0.6) is 0 Å². The molecule has 6 heteroatoms. The van der Waals surface area contributed by atoms with Gasteiger partial charge in [0.15, 0.2) is 0 Å². The first-order valence-electron chi connectivity index (χ1n) is 6.11. The van der Waals surface area contributed by atoms with E-state index in [1.807, 2.05) is 20.8 Å². The van der Waals surface area contributed by atoms with Crippen LogP contribution in [-0.4, -0.2) is 34.0 Å². The van der Waals surface area contributed by atoms with Crippen LogP contribution in [0, 0.1) is 0 Å². The fraction of sp³-hybridized carbons (Fsp3) is 0.429. The van der Waals surface area contributed by atoms with E-state index < -0.39 is 11.5 Å². The van der Waals surface area contributed by atoms with Crippen LogP contribution in [-0.2, 0) is 4.79 Å². The van der Waals surface area contributed by atoms with Crippen molar-refractivity contribution in [1.29, 1.82) is 0 Å². The Kier molecular flexibility index (Phi) is 5.77. The van der Waals surface area contributed by atoms with Crippen molar-refractivity contribution in [2.75, 3.05) is 6.54 Å². The molecular weight excluding hydrogens is 390 g/mol. The number of benzene rings is 1. The number of amides is 1. The Morgan fingerprint density at radius 1 is 1.25 bits per heavy atom. The van der Waals surface area contributed by atoms with E-state index in [0.717, 1.165) is 4.47 Å². The van der Waals surface area contributed by atoms with Crippen molar-refractivity contribution in [1.82, 2.24) is 4.90 Å². The minimum atomic E-state index is -0.915. The average Bonchev–Trinajstić information content (AvgIpc) is 2.26. The minimum absolute atomic E-state index is 0.0723. The Labute approximate surface area is 135 Å². The van der Waals surface area contributed by atoms with Gasteiger partial charge in [0.2, 0.25) is 0 Å². The lowest BCUT2D eigenvalue weighted by Crippen LogP contribution is -2.46. The number of halogens is 2. The lowest BCUT2D eigenvalue weighted by Gasteiger charge is -2.35. The van der Waals surface area contributed by atoms with Gasteiger partial charge in [-0.25, -0.2) is 0 Å². The summed E-state index contributed by atoms with van der Waals surface area (Å²) < 4.78 is 1.55. The third-order valence-corrected chi connectivity index (χ3v) is 3.92. The van der Waals surface area contributed by atoms with Crippen LogP contribution < -0.4 is 0 Å². The number of nitrogens with zero attached hydrogens (tertiary/aromatic N) is 1. The Bertz CT molecular complexity index is 524. The molecule has 110 valence electrons. The van der Waals surface area contributed by atoms with Crippen molar-refractivity contribution in [3.8, 4) is 0 Å². The maximum Gasteiger partial charge on any atom is 0.305 e. The Balaban J connectivity index is 3.07. The molecular formula is C14H17Br2NO3. The molecule has 1 aromatic carbocycles. The average molecular weight is 407 g/mol. The van der Waals surface area contributed by atoms with Gasteiger partial charge in [-0.15, -0.1) is 0 Å². The lowest BCUT2D eigenvalue weighted by molar-refractivity contribution is -0.137. The van der Waals surface area contributed by atoms with E-state index in [-0.39, 0.29) is 18.9 Å². The van der Waals surface area contributed by atoms with Gasteiger partial charge in [0.25, 0.3) is 5.91 Å². The predicted octanol–water partition coefficient (Wildman–Crippen LogP) is 3.93. The molecule has 0 heterocycles. The van der Waals surface area contributed by atoms with Crippen LogP contribution in [0.3, 0.4) is 0 Å². The molecule has 0 aliphatic heterocycles. The van der Waals surface area contributed by atoms with Crippen molar-refractivity contribution < 1.29 is 14.7 Å². The smallest absolute Gasteiger partial charge is 0.305 e. The molecule has 0 bridgehead atoms. The first kappa shape index (κ1) is 17.2. The molecule has 0 aromatic heterocycles. The molecule has 0 radical (unpaired) electrons.